The van der Waals surface area contributed by atoms with Crippen LogP contribution in [0.25, 0.3) is 0 Å². The molecule has 0 spiro atoms. The van der Waals surface area contributed by atoms with Crippen LogP contribution >= 0.6 is 0 Å². The van der Waals surface area contributed by atoms with Crippen LogP contribution in [0.4, 0.5) is 10.3 Å². The predicted molar refractivity (Wildman–Crippen MR) is 86.7 cm³/mol. The maximum atomic E-state index is 13.2. The highest BCUT2D eigenvalue weighted by Crippen LogP contribution is 2.38. The van der Waals surface area contributed by atoms with Gasteiger partial charge in [-0.25, -0.2) is 9.07 Å². The van der Waals surface area contributed by atoms with Gasteiger partial charge in [0.2, 0.25) is 5.95 Å². The molecule has 0 aliphatic carbocycles. The summed E-state index contributed by atoms with van der Waals surface area (Å²) in [7, 11) is 0. The number of nitrogens with zero attached hydrogens (tertiary/aromatic N) is 3. The molecule has 1 N–H and O–H groups in total. The van der Waals surface area contributed by atoms with E-state index >= 15 is 0 Å². The summed E-state index contributed by atoms with van der Waals surface area (Å²) < 4.78 is 15.1. The lowest BCUT2D eigenvalue weighted by atomic mass is 9.91. The van der Waals surface area contributed by atoms with Crippen molar-refractivity contribution in [2.45, 2.75) is 25.4 Å². The molecule has 4 rings (SSSR count). The van der Waals surface area contributed by atoms with Crippen molar-refractivity contribution in [1.29, 1.82) is 0 Å². The molecule has 0 saturated heterocycles. The van der Waals surface area contributed by atoms with Crippen LogP contribution in [0.5, 0.6) is 0 Å². The molecule has 2 atom stereocenters. The van der Waals surface area contributed by atoms with Crippen molar-refractivity contribution in [1.82, 2.24) is 14.8 Å². The molecule has 0 radical (unpaired) electrons. The first-order valence-corrected chi connectivity index (χ1v) is 7.69. The molecule has 0 fully saturated rings. The Bertz CT molecular complexity index is 825. The summed E-state index contributed by atoms with van der Waals surface area (Å²) in [5.74, 6) is 0.530. The van der Waals surface area contributed by atoms with Gasteiger partial charge in [0.25, 0.3) is 0 Å². The van der Waals surface area contributed by atoms with Gasteiger partial charge in [-0.2, -0.15) is 10.1 Å². The Kier molecular flexibility index (Phi) is 3.33. The van der Waals surface area contributed by atoms with Crippen molar-refractivity contribution in [3.8, 4) is 0 Å². The Labute approximate surface area is 134 Å². The van der Waals surface area contributed by atoms with Gasteiger partial charge in [-0.1, -0.05) is 36.4 Å². The van der Waals surface area contributed by atoms with E-state index in [0.717, 1.165) is 17.9 Å². The third kappa shape index (κ3) is 2.48. The highest BCUT2D eigenvalue weighted by molar-refractivity contribution is 5.39. The minimum absolute atomic E-state index is 0.0805. The van der Waals surface area contributed by atoms with Crippen LogP contribution in [0.3, 0.4) is 0 Å². The van der Waals surface area contributed by atoms with Gasteiger partial charge < -0.3 is 5.32 Å². The molecular formula is C18H17FN4. The second-order valence-electron chi connectivity index (χ2n) is 5.88. The summed E-state index contributed by atoms with van der Waals surface area (Å²) in [6.07, 6.45) is 2.41. The van der Waals surface area contributed by atoms with Gasteiger partial charge in [0.05, 0.1) is 12.1 Å². The molecule has 1 aliphatic rings. The van der Waals surface area contributed by atoms with Crippen molar-refractivity contribution in [2.75, 3.05) is 5.32 Å². The van der Waals surface area contributed by atoms with E-state index in [2.05, 4.69) is 34.5 Å². The van der Waals surface area contributed by atoms with Crippen LogP contribution in [0.15, 0.2) is 54.9 Å². The normalized spacial score (nSPS) is 19.9. The van der Waals surface area contributed by atoms with E-state index in [0.29, 0.717) is 0 Å². The topological polar surface area (TPSA) is 42.7 Å². The number of hydrogen-bond donors (Lipinski definition) is 1. The van der Waals surface area contributed by atoms with E-state index in [-0.39, 0.29) is 17.9 Å². The van der Waals surface area contributed by atoms with Crippen LogP contribution in [0.1, 0.15) is 35.2 Å². The number of hydrogen-bond acceptors (Lipinski definition) is 3. The predicted octanol–water partition coefficient (Wildman–Crippen LogP) is 3.87. The maximum absolute atomic E-state index is 13.2. The van der Waals surface area contributed by atoms with E-state index < -0.39 is 0 Å². The molecule has 0 bridgehead atoms. The summed E-state index contributed by atoms with van der Waals surface area (Å²) in [6.45, 7) is 2.11. The summed E-state index contributed by atoms with van der Waals surface area (Å²) in [6, 6.07) is 15.2. The van der Waals surface area contributed by atoms with Crippen LogP contribution in [0.2, 0.25) is 0 Å². The zero-order valence-corrected chi connectivity index (χ0v) is 12.8. The average molecular weight is 308 g/mol. The molecule has 2 aromatic carbocycles. The number of fused-ring (bicyclic) bond motifs is 1. The summed E-state index contributed by atoms with van der Waals surface area (Å²) in [5.41, 5.74) is 3.53. The lowest BCUT2D eigenvalue weighted by Crippen LogP contribution is -2.28. The van der Waals surface area contributed by atoms with E-state index in [1.54, 1.807) is 6.33 Å². The zero-order valence-electron chi connectivity index (χ0n) is 12.8. The van der Waals surface area contributed by atoms with Gasteiger partial charge >= 0.3 is 0 Å². The lowest BCUT2D eigenvalue weighted by molar-refractivity contribution is 0.429. The van der Waals surface area contributed by atoms with Crippen LogP contribution in [0, 0.1) is 12.7 Å². The molecule has 0 saturated carbocycles. The number of halogens is 1. The number of rotatable bonds is 2. The fraction of sp³-hybridized carbons (Fsp3) is 0.222. The Hall–Kier alpha value is -2.69. The second-order valence-corrected chi connectivity index (χ2v) is 5.88. The van der Waals surface area contributed by atoms with Crippen molar-refractivity contribution in [3.63, 3.8) is 0 Å². The van der Waals surface area contributed by atoms with Gasteiger partial charge in [0.1, 0.15) is 12.1 Å². The van der Waals surface area contributed by atoms with Crippen molar-refractivity contribution in [3.05, 3.63) is 77.4 Å². The number of benzene rings is 2. The summed E-state index contributed by atoms with van der Waals surface area (Å²) in [4.78, 5) is 4.32. The highest BCUT2D eigenvalue weighted by atomic mass is 19.1. The maximum Gasteiger partial charge on any atom is 0.222 e. The lowest BCUT2D eigenvalue weighted by Gasteiger charge is -2.32. The van der Waals surface area contributed by atoms with Crippen LogP contribution in [-0.2, 0) is 0 Å². The molecule has 2 heterocycles. The quantitative estimate of drug-likeness (QED) is 0.781. The fourth-order valence-corrected chi connectivity index (χ4v) is 3.25. The SMILES string of the molecule is Cc1ccccc1[C@@H]1C[C@H](c2ccc(F)cc2)Nc2ncnn21. The summed E-state index contributed by atoms with van der Waals surface area (Å²) in [5, 5.41) is 7.78. The number of nitrogens with one attached hydrogen (secondary N) is 1. The third-order valence-electron chi connectivity index (χ3n) is 4.45. The standard InChI is InChI=1S/C18H17FN4/c1-12-4-2-3-5-15(12)17-10-16(13-6-8-14(19)9-7-13)22-18-20-11-21-23(17)18/h2-9,11,16-17H,10H2,1H3,(H,20,21,22)/t16-,17+/m1/s1. The fourth-order valence-electron chi connectivity index (χ4n) is 3.25. The zero-order chi connectivity index (χ0) is 15.8. The molecule has 23 heavy (non-hydrogen) atoms. The van der Waals surface area contributed by atoms with E-state index in [1.165, 1.54) is 23.3 Å². The second kappa shape index (κ2) is 5.50. The van der Waals surface area contributed by atoms with Gasteiger partial charge in [0, 0.05) is 0 Å². The average Bonchev–Trinajstić information content (AvgIpc) is 3.04. The van der Waals surface area contributed by atoms with Crippen molar-refractivity contribution < 1.29 is 4.39 Å². The van der Waals surface area contributed by atoms with Crippen LogP contribution < -0.4 is 5.32 Å². The minimum atomic E-state index is -0.219. The molecule has 3 aromatic rings. The Morgan fingerprint density at radius 1 is 1.13 bits per heavy atom. The van der Waals surface area contributed by atoms with Crippen LogP contribution in [-0.4, -0.2) is 14.8 Å². The molecule has 0 unspecified atom stereocenters. The van der Waals surface area contributed by atoms with Gasteiger partial charge in [0.15, 0.2) is 0 Å². The molecule has 1 aliphatic heterocycles. The van der Waals surface area contributed by atoms with Crippen molar-refractivity contribution in [2.24, 2.45) is 0 Å². The van der Waals surface area contributed by atoms with Gasteiger partial charge in [-0.3, -0.25) is 0 Å². The number of aryl methyl sites for hydroxylation is 1. The van der Waals surface area contributed by atoms with Gasteiger partial charge in [-0.15, -0.1) is 0 Å². The largest absolute Gasteiger partial charge is 0.348 e. The Balaban J connectivity index is 1.75. The van der Waals surface area contributed by atoms with E-state index in [4.69, 9.17) is 0 Å². The molecule has 4 nitrogen and oxygen atoms in total. The van der Waals surface area contributed by atoms with E-state index in [9.17, 15) is 4.39 Å². The molecule has 1 aromatic heterocycles. The smallest absolute Gasteiger partial charge is 0.222 e. The first kappa shape index (κ1) is 13.9. The molecule has 116 valence electrons. The van der Waals surface area contributed by atoms with E-state index in [1.807, 2.05) is 28.9 Å². The first-order chi connectivity index (χ1) is 11.2. The monoisotopic (exact) mass is 308 g/mol. The Morgan fingerprint density at radius 2 is 1.91 bits per heavy atom. The summed E-state index contributed by atoms with van der Waals surface area (Å²) >= 11 is 0. The Morgan fingerprint density at radius 3 is 2.70 bits per heavy atom. The highest BCUT2D eigenvalue weighted by Gasteiger charge is 2.30. The molecule has 5 heteroatoms. The number of anilines is 1. The third-order valence-corrected chi connectivity index (χ3v) is 4.45. The molecule has 0 amide bonds. The van der Waals surface area contributed by atoms with Gasteiger partial charge in [-0.05, 0) is 42.2 Å². The first-order valence-electron chi connectivity index (χ1n) is 7.69. The minimum Gasteiger partial charge on any atom is -0.348 e. The van der Waals surface area contributed by atoms with Crippen molar-refractivity contribution >= 4 is 5.95 Å². The number of aromatic nitrogens is 3. The molecular weight excluding hydrogens is 291 g/mol.